The van der Waals surface area contributed by atoms with E-state index in [4.69, 9.17) is 12.6 Å². The lowest BCUT2D eigenvalue weighted by atomic mass is 10.1. The third kappa shape index (κ3) is 8.35. The summed E-state index contributed by atoms with van der Waals surface area (Å²) < 4.78 is 0. The fourth-order valence-corrected chi connectivity index (χ4v) is 1.01. The van der Waals surface area contributed by atoms with Crippen molar-refractivity contribution in [1.82, 2.24) is 0 Å². The van der Waals surface area contributed by atoms with Crippen LogP contribution in [0.2, 0.25) is 0 Å². The Morgan fingerprint density at radius 3 is 2.00 bits per heavy atom. The van der Waals surface area contributed by atoms with Crippen LogP contribution in [-0.4, -0.2) is 5.75 Å². The van der Waals surface area contributed by atoms with Crippen molar-refractivity contribution in [2.75, 3.05) is 5.75 Å². The third-order valence-electron chi connectivity index (χ3n) is 1.39. The average molecular weight is 144 g/mol. The smallest absolute Gasteiger partial charge is 0.00369 e. The maximum absolute atomic E-state index is 4.82. The topological polar surface area (TPSA) is 0 Å². The molecule has 0 atom stereocenters. The summed E-state index contributed by atoms with van der Waals surface area (Å²) in [6.07, 6.45) is 7.63. The first kappa shape index (κ1) is 9.35. The van der Waals surface area contributed by atoms with Gasteiger partial charge < -0.3 is 0 Å². The molecular weight excluding hydrogens is 128 g/mol. The lowest BCUT2D eigenvalue weighted by molar-refractivity contribution is 0.640. The molecule has 0 amide bonds. The Morgan fingerprint density at radius 2 is 1.44 bits per heavy atom. The molecule has 0 aliphatic rings. The Balaban J connectivity index is 2.60. The van der Waals surface area contributed by atoms with E-state index in [-0.39, 0.29) is 0 Å². The highest BCUT2D eigenvalue weighted by Crippen LogP contribution is 2.04. The van der Waals surface area contributed by atoms with Crippen LogP contribution >= 0.6 is 12.6 Å². The highest BCUT2D eigenvalue weighted by atomic mass is 32.1. The van der Waals surface area contributed by atoms with E-state index in [0.717, 1.165) is 12.2 Å². The molecule has 0 aliphatic carbocycles. The minimum atomic E-state index is 0.935. The fourth-order valence-electron chi connectivity index (χ4n) is 0.809. The van der Waals surface area contributed by atoms with E-state index in [9.17, 15) is 0 Å². The van der Waals surface area contributed by atoms with Crippen molar-refractivity contribution in [1.29, 1.82) is 0 Å². The molecule has 0 spiro atoms. The molecule has 54 valence electrons. The van der Waals surface area contributed by atoms with E-state index >= 15 is 0 Å². The van der Waals surface area contributed by atoms with Crippen molar-refractivity contribution < 1.29 is 0 Å². The van der Waals surface area contributed by atoms with Crippen molar-refractivity contribution in [3.05, 3.63) is 6.92 Å². The van der Waals surface area contributed by atoms with Gasteiger partial charge in [0.1, 0.15) is 0 Å². The Bertz CT molecular complexity index is 37.8. The minimum Gasteiger partial charge on any atom is -0.0942 e. The molecule has 0 saturated carbocycles. The van der Waals surface area contributed by atoms with Crippen LogP contribution in [0.4, 0.5) is 0 Å². The summed E-state index contributed by atoms with van der Waals surface area (Å²) in [6, 6.07) is 0. The number of hydrogen-bond acceptors (Lipinski definition) is 0. The standard InChI is InChI=1S/C8H16S/c1-2-3-4-5-6-7-8-9/h1-8H2. The van der Waals surface area contributed by atoms with Crippen LogP contribution in [0.5, 0.6) is 0 Å². The molecule has 0 unspecified atom stereocenters. The Labute approximate surface area is 64.4 Å². The molecule has 0 N–H and O–H groups in total. The first-order valence-electron chi connectivity index (χ1n) is 3.79. The summed E-state index contributed by atoms with van der Waals surface area (Å²) in [6.45, 7) is 3.78. The first-order chi connectivity index (χ1) is 4.41. The van der Waals surface area contributed by atoms with E-state index in [1.807, 2.05) is 0 Å². The van der Waals surface area contributed by atoms with Gasteiger partial charge in [-0.3, -0.25) is 0 Å². The van der Waals surface area contributed by atoms with E-state index < -0.39 is 0 Å². The van der Waals surface area contributed by atoms with Gasteiger partial charge in [-0.15, -0.1) is 0 Å². The fraction of sp³-hybridized carbons (Fsp3) is 0.875. The summed E-state index contributed by atoms with van der Waals surface area (Å²) in [5.41, 5.74) is 0. The molecule has 0 rings (SSSR count). The van der Waals surface area contributed by atoms with E-state index in [1.54, 1.807) is 0 Å². The maximum Gasteiger partial charge on any atom is 0.00369 e. The van der Waals surface area contributed by atoms with Crippen molar-refractivity contribution >= 4 is 12.6 Å². The highest BCUT2D eigenvalue weighted by Gasteiger charge is 1.86. The number of unbranched alkanes of at least 4 members (excludes halogenated alkanes) is 5. The van der Waals surface area contributed by atoms with Crippen LogP contribution in [0.1, 0.15) is 38.5 Å². The van der Waals surface area contributed by atoms with Crippen LogP contribution in [0.15, 0.2) is 0 Å². The third-order valence-corrected chi connectivity index (χ3v) is 1.68. The van der Waals surface area contributed by atoms with Crippen LogP contribution < -0.4 is 0 Å². The molecule has 0 bridgehead atoms. The molecule has 1 heteroatoms. The normalized spacial score (nSPS) is 10.0. The zero-order valence-corrected chi connectivity index (χ0v) is 6.88. The zero-order chi connectivity index (χ0) is 6.95. The average Bonchev–Trinajstić information content (AvgIpc) is 1.89. The summed E-state index contributed by atoms with van der Waals surface area (Å²) in [7, 11) is 0. The van der Waals surface area contributed by atoms with Gasteiger partial charge in [0.2, 0.25) is 0 Å². The molecule has 2 radical (unpaired) electrons. The Hall–Kier alpha value is 0.350. The van der Waals surface area contributed by atoms with Gasteiger partial charge in [-0.25, -0.2) is 0 Å². The van der Waals surface area contributed by atoms with E-state index in [0.29, 0.717) is 0 Å². The molecular formula is C8H16S. The van der Waals surface area contributed by atoms with Gasteiger partial charge in [0.25, 0.3) is 0 Å². The van der Waals surface area contributed by atoms with Crippen molar-refractivity contribution in [3.63, 3.8) is 0 Å². The SMILES string of the molecule is [CH2]CCCCCCC[S]. The second-order valence-electron chi connectivity index (χ2n) is 2.33. The van der Waals surface area contributed by atoms with Gasteiger partial charge >= 0.3 is 0 Å². The largest absolute Gasteiger partial charge is 0.0942 e. The second kappa shape index (κ2) is 8.35. The number of hydrogen-bond donors (Lipinski definition) is 0. The van der Waals surface area contributed by atoms with Crippen LogP contribution in [0.25, 0.3) is 0 Å². The quantitative estimate of drug-likeness (QED) is 0.501. The molecule has 0 heterocycles. The van der Waals surface area contributed by atoms with Gasteiger partial charge in [-0.1, -0.05) is 51.7 Å². The predicted molar refractivity (Wildman–Crippen MR) is 45.5 cm³/mol. The van der Waals surface area contributed by atoms with Gasteiger partial charge in [-0.05, 0) is 6.42 Å². The first-order valence-corrected chi connectivity index (χ1v) is 4.37. The van der Waals surface area contributed by atoms with Gasteiger partial charge in [0.15, 0.2) is 0 Å². The monoisotopic (exact) mass is 144 g/mol. The van der Waals surface area contributed by atoms with Crippen LogP contribution in [-0.2, 0) is 0 Å². The number of rotatable bonds is 6. The molecule has 0 aliphatic heterocycles. The molecule has 0 nitrogen and oxygen atoms in total. The maximum atomic E-state index is 4.82. The van der Waals surface area contributed by atoms with Gasteiger partial charge in [-0.2, -0.15) is 0 Å². The van der Waals surface area contributed by atoms with Crippen LogP contribution in [0, 0.1) is 6.92 Å². The van der Waals surface area contributed by atoms with Crippen LogP contribution in [0.3, 0.4) is 0 Å². The van der Waals surface area contributed by atoms with E-state index in [2.05, 4.69) is 6.92 Å². The summed E-state index contributed by atoms with van der Waals surface area (Å²) in [5.74, 6) is 0.935. The summed E-state index contributed by atoms with van der Waals surface area (Å²) in [5, 5.41) is 0. The predicted octanol–water partition coefficient (Wildman–Crippen LogP) is 3.36. The highest BCUT2D eigenvalue weighted by molar-refractivity contribution is 7.80. The van der Waals surface area contributed by atoms with Gasteiger partial charge in [0.05, 0.1) is 0 Å². The Kier molecular flexibility index (Phi) is 8.67. The zero-order valence-electron chi connectivity index (χ0n) is 6.07. The lowest BCUT2D eigenvalue weighted by Gasteiger charge is -1.95. The molecule has 0 aromatic heterocycles. The van der Waals surface area contributed by atoms with Crippen molar-refractivity contribution in [2.24, 2.45) is 0 Å². The minimum absolute atomic E-state index is 0.935. The van der Waals surface area contributed by atoms with E-state index in [1.165, 1.54) is 32.1 Å². The molecule has 0 aromatic carbocycles. The van der Waals surface area contributed by atoms with Gasteiger partial charge in [0, 0.05) is 5.75 Å². The lowest BCUT2D eigenvalue weighted by Crippen LogP contribution is -1.78. The van der Waals surface area contributed by atoms with Crippen molar-refractivity contribution in [2.45, 2.75) is 38.5 Å². The second-order valence-corrected chi connectivity index (χ2v) is 2.73. The van der Waals surface area contributed by atoms with Crippen molar-refractivity contribution in [3.8, 4) is 0 Å². The molecule has 0 fully saturated rings. The molecule has 0 aromatic rings. The summed E-state index contributed by atoms with van der Waals surface area (Å²) >= 11 is 4.82. The molecule has 0 saturated heterocycles. The summed E-state index contributed by atoms with van der Waals surface area (Å²) in [4.78, 5) is 0. The molecule has 9 heavy (non-hydrogen) atoms. The Morgan fingerprint density at radius 1 is 0.889 bits per heavy atom.